The average Bonchev–Trinajstić information content (AvgIpc) is 2.34. The second-order valence-electron chi connectivity index (χ2n) is 4.04. The van der Waals surface area contributed by atoms with Crippen molar-refractivity contribution in [2.75, 3.05) is 6.54 Å². The first-order valence-corrected chi connectivity index (χ1v) is 6.18. The minimum Gasteiger partial charge on any atom is -0.352 e. The molecule has 0 aromatic heterocycles. The van der Waals surface area contributed by atoms with E-state index in [1.807, 2.05) is 30.3 Å². The third-order valence-corrected chi connectivity index (χ3v) is 2.60. The molecule has 1 aromatic carbocycles. The maximum absolute atomic E-state index is 11.6. The molecule has 16 heavy (non-hydrogen) atoms. The van der Waals surface area contributed by atoms with Gasteiger partial charge >= 0.3 is 0 Å². The zero-order valence-corrected chi connectivity index (χ0v) is 10.0. The molecule has 1 aromatic rings. The van der Waals surface area contributed by atoms with Gasteiger partial charge in [0, 0.05) is 12.1 Å². The fourth-order valence-corrected chi connectivity index (χ4v) is 1.62. The topological polar surface area (TPSA) is 29.1 Å². The third-order valence-electron chi connectivity index (χ3n) is 2.60. The number of carbonyl (C=O) groups is 1. The van der Waals surface area contributed by atoms with Crippen LogP contribution >= 0.6 is 0 Å². The van der Waals surface area contributed by atoms with Crippen molar-refractivity contribution < 1.29 is 4.79 Å². The number of carbonyl (C=O) groups excluding carboxylic acids is 1. The summed E-state index contributed by atoms with van der Waals surface area (Å²) in [5, 5.41) is 2.94. The Bertz CT molecular complexity index is 295. The third kappa shape index (κ3) is 4.96. The second-order valence-corrected chi connectivity index (χ2v) is 4.04. The van der Waals surface area contributed by atoms with Gasteiger partial charge in [-0.3, -0.25) is 4.79 Å². The molecule has 0 saturated carbocycles. The Morgan fingerprint density at radius 3 is 2.44 bits per heavy atom. The Balaban J connectivity index is 2.12. The fourth-order valence-electron chi connectivity index (χ4n) is 1.62. The predicted molar refractivity (Wildman–Crippen MR) is 67.5 cm³/mol. The minimum atomic E-state index is 0.0380. The van der Waals surface area contributed by atoms with Gasteiger partial charge in [-0.1, -0.05) is 50.8 Å². The quantitative estimate of drug-likeness (QED) is 0.700. The summed E-state index contributed by atoms with van der Waals surface area (Å²) in [5.74, 6) is 0.0380. The van der Waals surface area contributed by atoms with Crippen molar-refractivity contribution in [1.82, 2.24) is 5.32 Å². The van der Waals surface area contributed by atoms with Crippen LogP contribution in [-0.4, -0.2) is 12.5 Å². The molecule has 0 heterocycles. The molecule has 1 amide bonds. The highest BCUT2D eigenvalue weighted by Gasteiger charge is 2.02. The van der Waals surface area contributed by atoms with Crippen LogP contribution in [0.15, 0.2) is 30.3 Å². The van der Waals surface area contributed by atoms with Crippen molar-refractivity contribution in [3.05, 3.63) is 35.9 Å². The lowest BCUT2D eigenvalue weighted by atomic mass is 10.1. The van der Waals surface area contributed by atoms with Gasteiger partial charge in [0.25, 0.3) is 5.91 Å². The lowest BCUT2D eigenvalue weighted by Gasteiger charge is -2.04. The van der Waals surface area contributed by atoms with Gasteiger partial charge in [-0.05, 0) is 18.6 Å². The van der Waals surface area contributed by atoms with Crippen molar-refractivity contribution in [2.24, 2.45) is 0 Å². The highest BCUT2D eigenvalue weighted by molar-refractivity contribution is 5.94. The monoisotopic (exact) mass is 219 g/mol. The smallest absolute Gasteiger partial charge is 0.251 e. The van der Waals surface area contributed by atoms with Crippen molar-refractivity contribution in [1.29, 1.82) is 0 Å². The molecule has 0 radical (unpaired) electrons. The molecule has 0 aliphatic heterocycles. The molecule has 0 atom stereocenters. The minimum absolute atomic E-state index is 0.0380. The van der Waals surface area contributed by atoms with Crippen molar-refractivity contribution in [2.45, 2.75) is 39.0 Å². The largest absolute Gasteiger partial charge is 0.352 e. The highest BCUT2D eigenvalue weighted by atomic mass is 16.1. The molecule has 0 saturated heterocycles. The zero-order valence-electron chi connectivity index (χ0n) is 10.0. The molecule has 0 unspecified atom stereocenters. The first-order chi connectivity index (χ1) is 7.84. The van der Waals surface area contributed by atoms with Crippen LogP contribution in [0.25, 0.3) is 0 Å². The molecule has 0 fully saturated rings. The van der Waals surface area contributed by atoms with Gasteiger partial charge in [-0.2, -0.15) is 0 Å². The molecule has 2 heteroatoms. The summed E-state index contributed by atoms with van der Waals surface area (Å²) in [6.07, 6.45) is 6.13. The van der Waals surface area contributed by atoms with Crippen LogP contribution < -0.4 is 5.32 Å². The van der Waals surface area contributed by atoms with E-state index in [0.29, 0.717) is 0 Å². The number of hydrogen-bond acceptors (Lipinski definition) is 1. The summed E-state index contributed by atoms with van der Waals surface area (Å²) in [6, 6.07) is 9.37. The van der Waals surface area contributed by atoms with Gasteiger partial charge < -0.3 is 5.32 Å². The van der Waals surface area contributed by atoms with E-state index in [9.17, 15) is 4.79 Å². The summed E-state index contributed by atoms with van der Waals surface area (Å²) in [6.45, 7) is 2.99. The van der Waals surface area contributed by atoms with E-state index in [4.69, 9.17) is 0 Å². The summed E-state index contributed by atoms with van der Waals surface area (Å²) in [4.78, 5) is 11.6. The molecule has 88 valence electrons. The number of nitrogens with one attached hydrogen (secondary N) is 1. The Morgan fingerprint density at radius 2 is 1.75 bits per heavy atom. The fraction of sp³-hybridized carbons (Fsp3) is 0.500. The van der Waals surface area contributed by atoms with E-state index < -0.39 is 0 Å². The summed E-state index contributed by atoms with van der Waals surface area (Å²) < 4.78 is 0. The van der Waals surface area contributed by atoms with Gasteiger partial charge in [-0.15, -0.1) is 0 Å². The first kappa shape index (κ1) is 12.8. The molecule has 1 rings (SSSR count). The number of amides is 1. The molecule has 0 bridgehead atoms. The summed E-state index contributed by atoms with van der Waals surface area (Å²) >= 11 is 0. The van der Waals surface area contributed by atoms with Crippen molar-refractivity contribution >= 4 is 5.91 Å². The second kappa shape index (κ2) is 7.91. The van der Waals surface area contributed by atoms with E-state index in [1.54, 1.807) is 0 Å². The maximum Gasteiger partial charge on any atom is 0.251 e. The Labute approximate surface area is 98.1 Å². The SMILES string of the molecule is CCCCCCCNC(=O)c1ccccc1. The molecular formula is C14H21NO. The van der Waals surface area contributed by atoms with E-state index in [-0.39, 0.29) is 5.91 Å². The highest BCUT2D eigenvalue weighted by Crippen LogP contribution is 2.02. The predicted octanol–water partition coefficient (Wildman–Crippen LogP) is 3.39. The molecule has 0 aliphatic rings. The van der Waals surface area contributed by atoms with Crippen LogP contribution in [0.5, 0.6) is 0 Å². The zero-order chi connectivity index (χ0) is 11.6. The Kier molecular flexibility index (Phi) is 6.31. The number of benzene rings is 1. The normalized spacial score (nSPS) is 10.1. The van der Waals surface area contributed by atoms with E-state index in [0.717, 1.165) is 18.5 Å². The lowest BCUT2D eigenvalue weighted by molar-refractivity contribution is 0.0953. The van der Waals surface area contributed by atoms with Crippen LogP contribution in [0.1, 0.15) is 49.4 Å². The molecule has 2 nitrogen and oxygen atoms in total. The maximum atomic E-state index is 11.6. The molecule has 1 N–H and O–H groups in total. The summed E-state index contributed by atoms with van der Waals surface area (Å²) in [5.41, 5.74) is 0.746. The van der Waals surface area contributed by atoms with E-state index in [1.165, 1.54) is 25.7 Å². The van der Waals surface area contributed by atoms with Gasteiger partial charge in [0.1, 0.15) is 0 Å². The van der Waals surface area contributed by atoms with Crippen LogP contribution in [0.3, 0.4) is 0 Å². The molecular weight excluding hydrogens is 198 g/mol. The van der Waals surface area contributed by atoms with Gasteiger partial charge in [-0.25, -0.2) is 0 Å². The van der Waals surface area contributed by atoms with Crippen molar-refractivity contribution in [3.63, 3.8) is 0 Å². The summed E-state index contributed by atoms with van der Waals surface area (Å²) in [7, 11) is 0. The van der Waals surface area contributed by atoms with Gasteiger partial charge in [0.2, 0.25) is 0 Å². The average molecular weight is 219 g/mol. The lowest BCUT2D eigenvalue weighted by Crippen LogP contribution is -2.24. The number of rotatable bonds is 7. The van der Waals surface area contributed by atoms with Crippen LogP contribution in [0.2, 0.25) is 0 Å². The Morgan fingerprint density at radius 1 is 1.06 bits per heavy atom. The molecule has 0 aliphatic carbocycles. The first-order valence-electron chi connectivity index (χ1n) is 6.18. The van der Waals surface area contributed by atoms with E-state index >= 15 is 0 Å². The van der Waals surface area contributed by atoms with Crippen molar-refractivity contribution in [3.8, 4) is 0 Å². The van der Waals surface area contributed by atoms with Crippen LogP contribution in [0.4, 0.5) is 0 Å². The number of hydrogen-bond donors (Lipinski definition) is 1. The number of unbranched alkanes of at least 4 members (excludes halogenated alkanes) is 4. The van der Waals surface area contributed by atoms with Crippen LogP contribution in [-0.2, 0) is 0 Å². The standard InChI is InChI=1S/C14H21NO/c1-2-3-4-5-9-12-15-14(16)13-10-7-6-8-11-13/h6-8,10-11H,2-5,9,12H2,1H3,(H,15,16). The van der Waals surface area contributed by atoms with Crippen LogP contribution in [0, 0.1) is 0 Å². The van der Waals surface area contributed by atoms with Gasteiger partial charge in [0.15, 0.2) is 0 Å². The molecule has 0 spiro atoms. The van der Waals surface area contributed by atoms with E-state index in [2.05, 4.69) is 12.2 Å². The Hall–Kier alpha value is -1.31. The van der Waals surface area contributed by atoms with Gasteiger partial charge in [0.05, 0.1) is 0 Å².